The molecule has 1 spiro atoms. The summed E-state index contributed by atoms with van der Waals surface area (Å²) in [6, 6.07) is 5.37. The number of rotatable bonds is 4. The minimum absolute atomic E-state index is 0.234. The van der Waals surface area contributed by atoms with E-state index in [-0.39, 0.29) is 13.1 Å². The molecule has 0 saturated carbocycles. The monoisotopic (exact) mass is 345 g/mol. The summed E-state index contributed by atoms with van der Waals surface area (Å²) in [6.07, 6.45) is 0.832. The summed E-state index contributed by atoms with van der Waals surface area (Å²) in [7, 11) is 3.43. The van der Waals surface area contributed by atoms with Crippen LogP contribution in [0.3, 0.4) is 0 Å². The van der Waals surface area contributed by atoms with Gasteiger partial charge in [0.05, 0.1) is 0 Å². The Morgan fingerprint density at radius 3 is 2.76 bits per heavy atom. The molecule has 1 saturated heterocycles. The molecule has 134 valence electrons. The number of amides is 4. The van der Waals surface area contributed by atoms with Crippen molar-refractivity contribution in [3.63, 3.8) is 0 Å². The highest BCUT2D eigenvalue weighted by Gasteiger charge is 2.56. The van der Waals surface area contributed by atoms with E-state index in [4.69, 9.17) is 4.74 Å². The number of methoxy groups -OCH3 is 1. The largest absolute Gasteiger partial charge is 0.385 e. The number of imide groups is 2. The Labute approximate surface area is 146 Å². The van der Waals surface area contributed by atoms with Crippen LogP contribution in [0.1, 0.15) is 17.5 Å². The fraction of sp³-hybridized carbons (Fsp3) is 0.500. The summed E-state index contributed by atoms with van der Waals surface area (Å²) in [4.78, 5) is 41.0. The Morgan fingerprint density at radius 1 is 1.28 bits per heavy atom. The maximum Gasteiger partial charge on any atom is 0.330 e. The van der Waals surface area contributed by atoms with Crippen LogP contribution in [0.15, 0.2) is 18.2 Å². The van der Waals surface area contributed by atoms with Crippen molar-refractivity contribution in [2.75, 3.05) is 38.8 Å². The lowest BCUT2D eigenvalue weighted by atomic mass is 9.74. The molecule has 1 atom stereocenters. The Hall–Kier alpha value is -2.41. The van der Waals surface area contributed by atoms with Crippen molar-refractivity contribution in [3.8, 4) is 0 Å². The van der Waals surface area contributed by atoms with Crippen molar-refractivity contribution in [3.05, 3.63) is 29.3 Å². The number of urea groups is 1. The predicted octanol–water partition coefficient (Wildman–Crippen LogP) is 1.09. The van der Waals surface area contributed by atoms with E-state index < -0.39 is 23.3 Å². The van der Waals surface area contributed by atoms with Crippen LogP contribution in [0.2, 0.25) is 0 Å². The quantitative estimate of drug-likeness (QED) is 0.653. The third-order valence-corrected chi connectivity index (χ3v) is 4.93. The number of ether oxygens (including phenoxy) is 1. The molecule has 0 radical (unpaired) electrons. The van der Waals surface area contributed by atoms with Gasteiger partial charge in [-0.1, -0.05) is 17.7 Å². The molecule has 7 nitrogen and oxygen atoms in total. The first-order valence-electron chi connectivity index (χ1n) is 8.36. The summed E-state index contributed by atoms with van der Waals surface area (Å²) < 4.78 is 4.99. The van der Waals surface area contributed by atoms with Gasteiger partial charge >= 0.3 is 6.03 Å². The van der Waals surface area contributed by atoms with Gasteiger partial charge in [-0.25, -0.2) is 4.79 Å². The summed E-state index contributed by atoms with van der Waals surface area (Å²) in [5.41, 5.74) is 1.76. The molecule has 3 rings (SSSR count). The fourth-order valence-electron chi connectivity index (χ4n) is 3.70. The minimum Gasteiger partial charge on any atom is -0.385 e. The van der Waals surface area contributed by atoms with Crippen molar-refractivity contribution >= 4 is 23.5 Å². The molecular weight excluding hydrogens is 322 g/mol. The van der Waals surface area contributed by atoms with Gasteiger partial charge in [-0.3, -0.25) is 19.8 Å². The Balaban J connectivity index is 1.95. The third-order valence-electron chi connectivity index (χ3n) is 4.93. The number of nitrogens with zero attached hydrogens (tertiary/aromatic N) is 2. The fourth-order valence-corrected chi connectivity index (χ4v) is 3.70. The van der Waals surface area contributed by atoms with Gasteiger partial charge < -0.3 is 9.64 Å². The van der Waals surface area contributed by atoms with Gasteiger partial charge in [-0.15, -0.1) is 0 Å². The number of benzene rings is 1. The summed E-state index contributed by atoms with van der Waals surface area (Å²) in [5, 5.41) is 2.37. The van der Waals surface area contributed by atoms with Gasteiger partial charge in [0.15, 0.2) is 0 Å². The molecule has 0 bridgehead atoms. The summed E-state index contributed by atoms with van der Waals surface area (Å²) in [6.45, 7) is 2.91. The van der Waals surface area contributed by atoms with Crippen LogP contribution in [0, 0.1) is 12.3 Å². The molecule has 1 fully saturated rings. The van der Waals surface area contributed by atoms with Crippen molar-refractivity contribution in [1.29, 1.82) is 0 Å². The maximum absolute atomic E-state index is 13.1. The number of hydrogen-bond donors (Lipinski definition) is 1. The molecular formula is C18H23N3O4. The standard InChI is InChI=1S/C18H23N3O4/c1-12-5-6-14-13(9-12)10-18(11-20(14)2)15(22)19-17(24)21(16(18)23)7-4-8-25-3/h5-6,9H,4,7-8,10-11H2,1-3H3,(H,19,22,24)/t18-/m0/s1. The highest BCUT2D eigenvalue weighted by atomic mass is 16.5. The van der Waals surface area contributed by atoms with E-state index in [1.165, 1.54) is 0 Å². The van der Waals surface area contributed by atoms with Crippen LogP contribution in [-0.4, -0.2) is 56.6 Å². The van der Waals surface area contributed by atoms with Crippen LogP contribution < -0.4 is 10.2 Å². The zero-order valence-corrected chi connectivity index (χ0v) is 14.8. The minimum atomic E-state index is -1.27. The smallest absolute Gasteiger partial charge is 0.330 e. The molecule has 0 aromatic heterocycles. The summed E-state index contributed by atoms with van der Waals surface area (Å²) >= 11 is 0. The molecule has 4 amide bonds. The van der Waals surface area contributed by atoms with Gasteiger partial charge in [-0.2, -0.15) is 0 Å². The van der Waals surface area contributed by atoms with Crippen molar-refractivity contribution in [1.82, 2.24) is 10.2 Å². The molecule has 2 aliphatic heterocycles. The molecule has 25 heavy (non-hydrogen) atoms. The number of nitrogens with one attached hydrogen (secondary N) is 1. The number of anilines is 1. The van der Waals surface area contributed by atoms with E-state index >= 15 is 0 Å². The molecule has 1 N–H and O–H groups in total. The average Bonchev–Trinajstić information content (AvgIpc) is 2.56. The topological polar surface area (TPSA) is 79.0 Å². The molecule has 1 aromatic rings. The number of carbonyl (C=O) groups is 3. The lowest BCUT2D eigenvalue weighted by molar-refractivity contribution is -0.151. The Bertz CT molecular complexity index is 733. The number of aryl methyl sites for hydroxylation is 1. The average molecular weight is 345 g/mol. The van der Waals surface area contributed by atoms with E-state index in [9.17, 15) is 14.4 Å². The molecule has 1 aromatic carbocycles. The van der Waals surface area contributed by atoms with E-state index in [1.54, 1.807) is 7.11 Å². The van der Waals surface area contributed by atoms with E-state index in [1.807, 2.05) is 37.1 Å². The van der Waals surface area contributed by atoms with Crippen LogP contribution in [0.25, 0.3) is 0 Å². The second kappa shape index (κ2) is 6.48. The van der Waals surface area contributed by atoms with Gasteiger partial charge in [0, 0.05) is 39.5 Å². The SMILES string of the molecule is COCCCN1C(=O)NC(=O)[C@@]2(Cc3cc(C)ccc3N(C)C2)C1=O. The normalized spacial score (nSPS) is 23.1. The first kappa shape index (κ1) is 17.4. The van der Waals surface area contributed by atoms with Crippen molar-refractivity contribution in [2.45, 2.75) is 19.8 Å². The predicted molar refractivity (Wildman–Crippen MR) is 92.3 cm³/mol. The van der Waals surface area contributed by atoms with Crippen LogP contribution in [0.4, 0.5) is 10.5 Å². The highest BCUT2D eigenvalue weighted by Crippen LogP contribution is 2.39. The molecule has 2 aliphatic rings. The van der Waals surface area contributed by atoms with E-state index in [0.29, 0.717) is 19.4 Å². The lowest BCUT2D eigenvalue weighted by Gasteiger charge is -2.45. The van der Waals surface area contributed by atoms with E-state index in [2.05, 4.69) is 5.32 Å². The molecule has 7 heteroatoms. The number of fused-ring (bicyclic) bond motifs is 1. The van der Waals surface area contributed by atoms with Crippen molar-refractivity contribution < 1.29 is 19.1 Å². The third kappa shape index (κ3) is 2.89. The van der Waals surface area contributed by atoms with Gasteiger partial charge in [0.2, 0.25) is 11.8 Å². The molecule has 2 heterocycles. The first-order valence-corrected chi connectivity index (χ1v) is 8.36. The van der Waals surface area contributed by atoms with Gasteiger partial charge in [-0.05, 0) is 31.4 Å². The zero-order chi connectivity index (χ0) is 18.2. The molecule has 0 unspecified atom stereocenters. The van der Waals surface area contributed by atoms with Gasteiger partial charge in [0.1, 0.15) is 5.41 Å². The zero-order valence-electron chi connectivity index (χ0n) is 14.8. The maximum atomic E-state index is 13.1. The van der Waals surface area contributed by atoms with Gasteiger partial charge in [0.25, 0.3) is 0 Å². The second-order valence-electron chi connectivity index (χ2n) is 6.81. The first-order chi connectivity index (χ1) is 11.9. The number of hydrogen-bond acceptors (Lipinski definition) is 5. The summed E-state index contributed by atoms with van der Waals surface area (Å²) in [5.74, 6) is -0.930. The second-order valence-corrected chi connectivity index (χ2v) is 6.81. The van der Waals surface area contributed by atoms with Crippen molar-refractivity contribution in [2.24, 2.45) is 5.41 Å². The van der Waals surface area contributed by atoms with E-state index in [0.717, 1.165) is 21.7 Å². The van der Waals surface area contributed by atoms with Crippen LogP contribution >= 0.6 is 0 Å². The van der Waals surface area contributed by atoms with Crippen LogP contribution in [0.5, 0.6) is 0 Å². The number of carbonyl (C=O) groups excluding carboxylic acids is 3. The highest BCUT2D eigenvalue weighted by molar-refractivity contribution is 6.20. The number of barbiturate groups is 1. The lowest BCUT2D eigenvalue weighted by Crippen LogP contribution is -2.68. The molecule has 0 aliphatic carbocycles. The van der Waals surface area contributed by atoms with Crippen LogP contribution in [-0.2, 0) is 20.7 Å². The Kier molecular flexibility index (Phi) is 4.51. The Morgan fingerprint density at radius 2 is 2.04 bits per heavy atom.